The van der Waals surface area contributed by atoms with Crippen molar-refractivity contribution >= 4 is 11.9 Å². The van der Waals surface area contributed by atoms with Crippen molar-refractivity contribution in [1.82, 2.24) is 15.4 Å². The maximum atomic E-state index is 13.4. The first-order chi connectivity index (χ1) is 13.9. The second-order valence-corrected chi connectivity index (χ2v) is 7.72. The monoisotopic (exact) mass is 405 g/mol. The summed E-state index contributed by atoms with van der Waals surface area (Å²) in [5.74, 6) is -3.45. The van der Waals surface area contributed by atoms with Gasteiger partial charge < -0.3 is 19.8 Å². The molecule has 9 heteroatoms. The molecule has 0 unspecified atom stereocenters. The van der Waals surface area contributed by atoms with E-state index in [4.69, 9.17) is 4.52 Å². The second kappa shape index (κ2) is 7.90. The number of piperidine rings is 1. The lowest BCUT2D eigenvalue weighted by molar-refractivity contribution is -0.144. The molecule has 29 heavy (non-hydrogen) atoms. The highest BCUT2D eigenvalue weighted by Crippen LogP contribution is 2.31. The number of carboxylic acids is 1. The van der Waals surface area contributed by atoms with Crippen LogP contribution < -0.4 is 5.32 Å². The fourth-order valence-corrected chi connectivity index (χ4v) is 3.68. The number of nitrogens with one attached hydrogen (secondary N) is 1. The summed E-state index contributed by atoms with van der Waals surface area (Å²) in [7, 11) is 0. The summed E-state index contributed by atoms with van der Waals surface area (Å²) in [5.41, 5.74) is 0.196. The van der Waals surface area contributed by atoms with E-state index in [2.05, 4.69) is 15.4 Å². The fourth-order valence-electron chi connectivity index (χ4n) is 3.68. The molecule has 1 aromatic heterocycles. The summed E-state index contributed by atoms with van der Waals surface area (Å²) in [5, 5.41) is 16.0. The number of hydrogen-bond donors (Lipinski definition) is 2. The Morgan fingerprint density at radius 3 is 2.69 bits per heavy atom. The Balaban J connectivity index is 1.42. The van der Waals surface area contributed by atoms with Crippen molar-refractivity contribution in [1.29, 1.82) is 0 Å². The smallest absolute Gasteiger partial charge is 0.309 e. The molecule has 2 aliphatic rings. The van der Waals surface area contributed by atoms with Gasteiger partial charge in [-0.25, -0.2) is 8.78 Å². The number of amides is 1. The lowest BCUT2D eigenvalue weighted by Gasteiger charge is -2.36. The van der Waals surface area contributed by atoms with Gasteiger partial charge in [-0.1, -0.05) is 5.16 Å². The number of halogens is 2. The third-order valence-electron chi connectivity index (χ3n) is 5.49. The number of hydrogen-bond acceptors (Lipinski definition) is 5. The summed E-state index contributed by atoms with van der Waals surface area (Å²) in [6, 6.07) is 4.03. The molecule has 0 spiro atoms. The molecular weight excluding hydrogens is 384 g/mol. The Bertz CT molecular complexity index is 928. The maximum Gasteiger partial charge on any atom is 0.309 e. The van der Waals surface area contributed by atoms with Crippen molar-refractivity contribution in [2.75, 3.05) is 19.6 Å². The zero-order valence-corrected chi connectivity index (χ0v) is 15.6. The van der Waals surface area contributed by atoms with E-state index >= 15 is 0 Å². The number of carboxylic acid groups (broad SMARTS) is 1. The first-order valence-corrected chi connectivity index (χ1v) is 9.59. The van der Waals surface area contributed by atoms with Crippen LogP contribution in [0.2, 0.25) is 0 Å². The molecule has 4 rings (SSSR count). The van der Waals surface area contributed by atoms with Crippen LogP contribution in [0.1, 0.15) is 29.8 Å². The topological polar surface area (TPSA) is 95.7 Å². The molecule has 1 aromatic carbocycles. The molecule has 1 aliphatic carbocycles. The molecule has 2 N–H and O–H groups in total. The highest BCUT2D eigenvalue weighted by Gasteiger charge is 2.37. The number of carbonyl (C=O) groups is 2. The molecule has 1 aliphatic heterocycles. The van der Waals surface area contributed by atoms with Gasteiger partial charge in [0, 0.05) is 37.3 Å². The predicted octanol–water partition coefficient (Wildman–Crippen LogP) is 2.53. The van der Waals surface area contributed by atoms with E-state index in [9.17, 15) is 23.5 Å². The molecule has 2 fully saturated rings. The van der Waals surface area contributed by atoms with Crippen LogP contribution in [0.4, 0.5) is 8.78 Å². The highest BCUT2D eigenvalue weighted by molar-refractivity contribution is 5.93. The van der Waals surface area contributed by atoms with Crippen molar-refractivity contribution in [3.63, 3.8) is 0 Å². The number of carbonyl (C=O) groups excluding carboxylic acids is 1. The van der Waals surface area contributed by atoms with Crippen molar-refractivity contribution in [3.8, 4) is 11.3 Å². The van der Waals surface area contributed by atoms with E-state index in [-0.39, 0.29) is 17.0 Å². The van der Waals surface area contributed by atoms with E-state index < -0.39 is 35.5 Å². The van der Waals surface area contributed by atoms with Gasteiger partial charge in [0.1, 0.15) is 0 Å². The van der Waals surface area contributed by atoms with Gasteiger partial charge in [0.25, 0.3) is 5.91 Å². The Labute approximate surface area is 165 Å². The number of likely N-dealkylation sites (tertiary alicyclic amines) is 1. The van der Waals surface area contributed by atoms with Gasteiger partial charge in [0.2, 0.25) is 0 Å². The fraction of sp³-hybridized carbons (Fsp3) is 0.450. The lowest BCUT2D eigenvalue weighted by atomic mass is 9.91. The van der Waals surface area contributed by atoms with E-state index in [1.165, 1.54) is 25.0 Å². The van der Waals surface area contributed by atoms with E-state index in [1.807, 2.05) is 0 Å². The standard InChI is InChI=1S/C20H21F2N3O4/c21-14-4-3-12(7-15(14)22)18-8-17(24-29-18)19(26)23-16-5-6-25(9-11-1-2-11)10-13(16)20(27)28/h3-4,7-8,11,13,16H,1-2,5-6,9-10H2,(H,23,26)(H,27,28)/t13-,16-/m0/s1. The first kappa shape index (κ1) is 19.5. The number of aliphatic carboxylic acids is 1. The molecule has 0 bridgehead atoms. The molecule has 0 radical (unpaired) electrons. The molecule has 2 aromatic rings. The minimum atomic E-state index is -1.04. The summed E-state index contributed by atoms with van der Waals surface area (Å²) in [4.78, 5) is 26.4. The van der Waals surface area contributed by atoms with E-state index in [1.54, 1.807) is 0 Å². The summed E-state index contributed by atoms with van der Waals surface area (Å²) in [6.45, 7) is 2.03. The molecule has 2 heterocycles. The van der Waals surface area contributed by atoms with Crippen molar-refractivity contribution in [3.05, 3.63) is 41.6 Å². The predicted molar refractivity (Wildman–Crippen MR) is 98.0 cm³/mol. The number of nitrogens with zero attached hydrogens (tertiary/aromatic N) is 2. The van der Waals surface area contributed by atoms with Crippen LogP contribution >= 0.6 is 0 Å². The van der Waals surface area contributed by atoms with Crippen molar-refractivity contribution in [2.24, 2.45) is 11.8 Å². The molecule has 1 saturated carbocycles. The molecular formula is C20H21F2N3O4. The molecule has 1 saturated heterocycles. The van der Waals surface area contributed by atoms with Gasteiger partial charge in [0.15, 0.2) is 23.1 Å². The largest absolute Gasteiger partial charge is 0.481 e. The van der Waals surface area contributed by atoms with Crippen LogP contribution in [0.3, 0.4) is 0 Å². The van der Waals surface area contributed by atoms with Crippen molar-refractivity contribution in [2.45, 2.75) is 25.3 Å². The minimum Gasteiger partial charge on any atom is -0.481 e. The Morgan fingerprint density at radius 2 is 2.00 bits per heavy atom. The van der Waals surface area contributed by atoms with Crippen LogP contribution in [0.15, 0.2) is 28.8 Å². The zero-order chi connectivity index (χ0) is 20.5. The molecule has 154 valence electrons. The third kappa shape index (κ3) is 4.45. The maximum absolute atomic E-state index is 13.4. The average molecular weight is 405 g/mol. The van der Waals surface area contributed by atoms with Gasteiger partial charge >= 0.3 is 5.97 Å². The Morgan fingerprint density at radius 1 is 1.21 bits per heavy atom. The summed E-state index contributed by atoms with van der Waals surface area (Å²) >= 11 is 0. The van der Waals surface area contributed by atoms with Crippen LogP contribution in [0.25, 0.3) is 11.3 Å². The average Bonchev–Trinajstić information content (AvgIpc) is 3.36. The van der Waals surface area contributed by atoms with Crippen LogP contribution in [-0.2, 0) is 4.79 Å². The SMILES string of the molecule is O=C(N[C@H]1CCN(CC2CC2)C[C@@H]1C(=O)O)c1cc(-c2ccc(F)c(F)c2)on1. The Kier molecular flexibility index (Phi) is 5.31. The van der Waals surface area contributed by atoms with E-state index in [0.29, 0.717) is 18.9 Å². The lowest BCUT2D eigenvalue weighted by Crippen LogP contribution is -2.53. The normalized spacial score (nSPS) is 22.4. The van der Waals surface area contributed by atoms with Gasteiger partial charge in [-0.2, -0.15) is 0 Å². The van der Waals surface area contributed by atoms with Crippen LogP contribution in [0.5, 0.6) is 0 Å². The minimum absolute atomic E-state index is 0.0470. The van der Waals surface area contributed by atoms with Gasteiger partial charge in [-0.15, -0.1) is 0 Å². The van der Waals surface area contributed by atoms with Crippen LogP contribution in [-0.4, -0.2) is 52.7 Å². The summed E-state index contributed by atoms with van der Waals surface area (Å²) < 4.78 is 31.5. The van der Waals surface area contributed by atoms with Crippen LogP contribution in [0, 0.1) is 23.5 Å². The highest BCUT2D eigenvalue weighted by atomic mass is 19.2. The van der Waals surface area contributed by atoms with Gasteiger partial charge in [-0.05, 0) is 43.4 Å². The third-order valence-corrected chi connectivity index (χ3v) is 5.49. The zero-order valence-electron chi connectivity index (χ0n) is 15.6. The molecule has 1 amide bonds. The van der Waals surface area contributed by atoms with E-state index in [0.717, 1.165) is 25.2 Å². The van der Waals surface area contributed by atoms with Gasteiger partial charge in [-0.3, -0.25) is 9.59 Å². The molecule has 2 atom stereocenters. The number of aromatic nitrogens is 1. The number of rotatable bonds is 6. The number of benzene rings is 1. The van der Waals surface area contributed by atoms with Gasteiger partial charge in [0.05, 0.1) is 5.92 Å². The first-order valence-electron chi connectivity index (χ1n) is 9.59. The molecule has 7 nitrogen and oxygen atoms in total. The quantitative estimate of drug-likeness (QED) is 0.767. The second-order valence-electron chi connectivity index (χ2n) is 7.72. The Hall–Kier alpha value is -2.81. The summed E-state index contributed by atoms with van der Waals surface area (Å²) in [6.07, 6.45) is 2.92. The van der Waals surface area contributed by atoms with Crippen molar-refractivity contribution < 1.29 is 28.0 Å².